The van der Waals surface area contributed by atoms with Gasteiger partial charge in [0.2, 0.25) is 11.8 Å². The molecule has 7 heteroatoms. The number of nitrogens with zero attached hydrogens (tertiary/aromatic N) is 1. The van der Waals surface area contributed by atoms with Gasteiger partial charge in [-0.2, -0.15) is 0 Å². The van der Waals surface area contributed by atoms with Crippen LogP contribution in [0.1, 0.15) is 16.8 Å². The number of anilines is 4. The Kier molecular flexibility index (Phi) is 5.77. The largest absolute Gasteiger partial charge is 0.323 e. The van der Waals surface area contributed by atoms with E-state index in [1.54, 1.807) is 35.2 Å². The summed E-state index contributed by atoms with van der Waals surface area (Å²) in [5.41, 5.74) is 3.05. The quantitative estimate of drug-likeness (QED) is 0.293. The van der Waals surface area contributed by atoms with Gasteiger partial charge in [-0.05, 0) is 54.1 Å². The highest BCUT2D eigenvalue weighted by Crippen LogP contribution is 2.40. The Bertz CT molecular complexity index is 1430. The summed E-state index contributed by atoms with van der Waals surface area (Å²) in [4.78, 5) is 40.7. The first kappa shape index (κ1) is 21.7. The van der Waals surface area contributed by atoms with Crippen molar-refractivity contribution in [3.05, 3.63) is 90.5 Å². The highest BCUT2D eigenvalue weighted by atomic mass is 32.2. The van der Waals surface area contributed by atoms with Gasteiger partial charge in [0.25, 0.3) is 5.91 Å². The summed E-state index contributed by atoms with van der Waals surface area (Å²) in [5.74, 6) is -0.867. The van der Waals surface area contributed by atoms with Gasteiger partial charge in [-0.3, -0.25) is 19.3 Å². The number of fused-ring (bicyclic) bond motifs is 3. The molecule has 2 N–H and O–H groups in total. The number of amides is 3. The molecule has 4 aromatic carbocycles. The fraction of sp³-hybridized carbons (Fsp3) is 0.0741. The molecule has 0 unspecified atom stereocenters. The van der Waals surface area contributed by atoms with Crippen LogP contribution < -0.4 is 15.5 Å². The molecule has 1 aliphatic heterocycles. The molecule has 168 valence electrons. The summed E-state index contributed by atoms with van der Waals surface area (Å²) in [6.45, 7) is 0. The lowest BCUT2D eigenvalue weighted by Gasteiger charge is -2.23. The van der Waals surface area contributed by atoms with E-state index in [9.17, 15) is 14.4 Å². The molecule has 4 aromatic rings. The molecule has 0 aliphatic carbocycles. The maximum Gasteiger partial charge on any atom is 0.256 e. The summed E-state index contributed by atoms with van der Waals surface area (Å²) >= 11 is 1.51. The lowest BCUT2D eigenvalue weighted by molar-refractivity contribution is -0.124. The van der Waals surface area contributed by atoms with Crippen molar-refractivity contribution in [1.29, 1.82) is 0 Å². The van der Waals surface area contributed by atoms with E-state index in [-0.39, 0.29) is 24.1 Å². The number of carbonyl (C=O) groups is 3. The predicted molar refractivity (Wildman–Crippen MR) is 137 cm³/mol. The van der Waals surface area contributed by atoms with Crippen LogP contribution in [0.15, 0.2) is 89.8 Å². The first-order chi connectivity index (χ1) is 16.5. The Morgan fingerprint density at radius 1 is 0.912 bits per heavy atom. The molecule has 0 saturated heterocycles. The van der Waals surface area contributed by atoms with Gasteiger partial charge < -0.3 is 10.6 Å². The average Bonchev–Trinajstić information content (AvgIpc) is 2.99. The fourth-order valence-electron chi connectivity index (χ4n) is 4.12. The number of benzene rings is 4. The van der Waals surface area contributed by atoms with Crippen LogP contribution in [0.3, 0.4) is 0 Å². The molecule has 0 spiro atoms. The van der Waals surface area contributed by atoms with Gasteiger partial charge in [-0.1, -0.05) is 42.5 Å². The van der Waals surface area contributed by atoms with Crippen molar-refractivity contribution < 1.29 is 14.4 Å². The number of thioether (sulfide) groups is 1. The van der Waals surface area contributed by atoms with Gasteiger partial charge in [0, 0.05) is 21.7 Å². The van der Waals surface area contributed by atoms with Crippen LogP contribution in [-0.4, -0.2) is 24.0 Å². The Morgan fingerprint density at radius 2 is 1.65 bits per heavy atom. The summed E-state index contributed by atoms with van der Waals surface area (Å²) in [6, 6.07) is 26.0. The minimum atomic E-state index is -0.346. The minimum absolute atomic E-state index is 0.199. The van der Waals surface area contributed by atoms with Crippen LogP contribution in [0.2, 0.25) is 0 Å². The zero-order valence-corrected chi connectivity index (χ0v) is 19.2. The molecule has 5 rings (SSSR count). The molecule has 0 aromatic heterocycles. The molecule has 34 heavy (non-hydrogen) atoms. The summed E-state index contributed by atoms with van der Waals surface area (Å²) in [6.07, 6.45) is 1.67. The molecule has 0 radical (unpaired) electrons. The Labute approximate surface area is 201 Å². The van der Waals surface area contributed by atoms with E-state index in [1.165, 1.54) is 11.8 Å². The van der Waals surface area contributed by atoms with Gasteiger partial charge in [0.1, 0.15) is 6.42 Å². The van der Waals surface area contributed by atoms with Crippen LogP contribution in [0, 0.1) is 0 Å². The van der Waals surface area contributed by atoms with E-state index in [0.29, 0.717) is 28.3 Å². The van der Waals surface area contributed by atoms with Crippen molar-refractivity contribution in [3.8, 4) is 0 Å². The molecule has 6 nitrogen and oxygen atoms in total. The van der Waals surface area contributed by atoms with Crippen molar-refractivity contribution in [1.82, 2.24) is 0 Å². The van der Waals surface area contributed by atoms with Gasteiger partial charge in [-0.15, -0.1) is 11.8 Å². The summed E-state index contributed by atoms with van der Waals surface area (Å²) < 4.78 is 0. The van der Waals surface area contributed by atoms with E-state index in [4.69, 9.17) is 0 Å². The number of hydrogen-bond donors (Lipinski definition) is 2. The highest BCUT2D eigenvalue weighted by molar-refractivity contribution is 7.98. The highest BCUT2D eigenvalue weighted by Gasteiger charge is 2.28. The first-order valence-corrected chi connectivity index (χ1v) is 12.0. The molecule has 0 saturated carbocycles. The SMILES string of the molecule is CSc1ccccc1C(=O)Nc1ccc(N2C(=O)CC(=O)Nc3c2ccc2ccccc32)cc1. The second-order valence-corrected chi connectivity index (χ2v) is 8.68. The zero-order chi connectivity index (χ0) is 23.7. The Morgan fingerprint density at radius 3 is 2.44 bits per heavy atom. The zero-order valence-electron chi connectivity index (χ0n) is 18.4. The summed E-state index contributed by atoms with van der Waals surface area (Å²) in [7, 11) is 0. The van der Waals surface area contributed by atoms with Crippen LogP contribution in [0.25, 0.3) is 10.8 Å². The molecule has 3 amide bonds. The van der Waals surface area contributed by atoms with Crippen molar-refractivity contribution >= 4 is 63.0 Å². The van der Waals surface area contributed by atoms with Gasteiger partial charge >= 0.3 is 0 Å². The second kappa shape index (κ2) is 9.03. The third kappa shape index (κ3) is 4.02. The van der Waals surface area contributed by atoms with Crippen LogP contribution in [0.5, 0.6) is 0 Å². The number of rotatable bonds is 4. The number of hydrogen-bond acceptors (Lipinski definition) is 4. The third-order valence-electron chi connectivity index (χ3n) is 5.71. The van der Waals surface area contributed by atoms with E-state index >= 15 is 0 Å². The van der Waals surface area contributed by atoms with Crippen molar-refractivity contribution in [3.63, 3.8) is 0 Å². The first-order valence-electron chi connectivity index (χ1n) is 10.7. The normalized spacial score (nSPS) is 13.3. The molecule has 0 bridgehead atoms. The second-order valence-electron chi connectivity index (χ2n) is 7.84. The Balaban J connectivity index is 1.48. The van der Waals surface area contributed by atoms with E-state index in [2.05, 4.69) is 10.6 Å². The average molecular weight is 468 g/mol. The summed E-state index contributed by atoms with van der Waals surface area (Å²) in [5, 5.41) is 7.65. The van der Waals surface area contributed by atoms with Crippen LogP contribution in [0.4, 0.5) is 22.7 Å². The van der Waals surface area contributed by atoms with E-state index in [1.807, 2.05) is 60.9 Å². The topological polar surface area (TPSA) is 78.5 Å². The molecule has 0 atom stereocenters. The Hall–Kier alpha value is -4.10. The minimum Gasteiger partial charge on any atom is -0.323 e. The standard InChI is InChI=1S/C27H21N3O3S/c1-34-23-9-5-4-8-21(23)27(33)28-18-11-13-19(14-12-18)30-22-15-10-17-6-2-3-7-20(17)26(22)29-24(31)16-25(30)32/h2-15H,16H2,1H3,(H,28,33)(H,29,31). The van der Waals surface area contributed by atoms with E-state index in [0.717, 1.165) is 15.7 Å². The maximum atomic E-state index is 13.0. The van der Waals surface area contributed by atoms with Crippen LogP contribution in [-0.2, 0) is 9.59 Å². The molecular weight excluding hydrogens is 446 g/mol. The molecule has 1 heterocycles. The van der Waals surface area contributed by atoms with Crippen molar-refractivity contribution in [2.75, 3.05) is 21.8 Å². The molecule has 1 aliphatic rings. The van der Waals surface area contributed by atoms with Crippen molar-refractivity contribution in [2.24, 2.45) is 0 Å². The fourth-order valence-corrected chi connectivity index (χ4v) is 4.71. The predicted octanol–water partition coefficient (Wildman–Crippen LogP) is 5.82. The van der Waals surface area contributed by atoms with E-state index < -0.39 is 0 Å². The number of carbonyl (C=O) groups excluding carboxylic acids is 3. The van der Waals surface area contributed by atoms with Gasteiger partial charge in [-0.25, -0.2) is 0 Å². The van der Waals surface area contributed by atoms with Gasteiger partial charge in [0.05, 0.1) is 16.9 Å². The van der Waals surface area contributed by atoms with Gasteiger partial charge in [0.15, 0.2) is 0 Å². The van der Waals surface area contributed by atoms with Crippen LogP contribution >= 0.6 is 11.8 Å². The lowest BCUT2D eigenvalue weighted by Crippen LogP contribution is -2.26. The smallest absolute Gasteiger partial charge is 0.256 e. The number of nitrogens with one attached hydrogen (secondary N) is 2. The monoisotopic (exact) mass is 467 g/mol. The third-order valence-corrected chi connectivity index (χ3v) is 6.50. The van der Waals surface area contributed by atoms with Crippen molar-refractivity contribution in [2.45, 2.75) is 11.3 Å². The molecular formula is C27H21N3O3S. The maximum absolute atomic E-state index is 13.0. The lowest BCUT2D eigenvalue weighted by atomic mass is 10.1. The molecule has 0 fully saturated rings.